The van der Waals surface area contributed by atoms with E-state index in [1.165, 1.54) is 60.7 Å². The van der Waals surface area contributed by atoms with E-state index >= 15 is 0 Å². The Kier molecular flexibility index (Phi) is 6.63. The lowest BCUT2D eigenvalue weighted by Gasteiger charge is -2.31. The largest absolute Gasteiger partial charge is 0.457 e. The number of carbonyl (C=O) groups is 4. The van der Waals surface area contributed by atoms with E-state index in [2.05, 4.69) is 0 Å². The first-order chi connectivity index (χ1) is 19.7. The van der Waals surface area contributed by atoms with Crippen molar-refractivity contribution in [2.75, 3.05) is 6.54 Å². The Balaban J connectivity index is 1.24. The van der Waals surface area contributed by atoms with Crippen molar-refractivity contribution in [2.45, 2.75) is 6.42 Å². The summed E-state index contributed by atoms with van der Waals surface area (Å²) in [4.78, 5) is 64.5. The summed E-state index contributed by atoms with van der Waals surface area (Å²) in [7, 11) is 0. The molecule has 10 nitrogen and oxygen atoms in total. The Morgan fingerprint density at radius 3 is 2.02 bits per heavy atom. The zero-order valence-corrected chi connectivity index (χ0v) is 22.1. The first-order valence-electron chi connectivity index (χ1n) is 12.9. The van der Waals surface area contributed by atoms with Crippen molar-refractivity contribution in [1.29, 1.82) is 0 Å². The summed E-state index contributed by atoms with van der Waals surface area (Å²) in [5, 5.41) is 12.7. The number of hydrogen-bond acceptors (Lipinski definition) is 7. The molecule has 4 atom stereocenters. The number of nitro groups is 1. The van der Waals surface area contributed by atoms with Gasteiger partial charge < -0.3 is 4.74 Å². The fraction of sp³-hybridized carbons (Fsp3) is 0.200. The van der Waals surface area contributed by atoms with Crippen LogP contribution in [0.25, 0.3) is 0 Å². The third kappa shape index (κ3) is 4.66. The quantitative estimate of drug-likeness (QED) is 0.121. The van der Waals surface area contributed by atoms with E-state index in [-0.39, 0.29) is 33.7 Å². The zero-order valence-electron chi connectivity index (χ0n) is 21.4. The van der Waals surface area contributed by atoms with E-state index in [0.717, 1.165) is 16.4 Å². The van der Waals surface area contributed by atoms with Gasteiger partial charge in [-0.2, -0.15) is 5.01 Å². The van der Waals surface area contributed by atoms with E-state index in [0.29, 0.717) is 11.5 Å². The minimum atomic E-state index is -0.732. The average Bonchev–Trinajstić information content (AvgIpc) is 3.66. The third-order valence-corrected chi connectivity index (χ3v) is 8.11. The van der Waals surface area contributed by atoms with Crippen LogP contribution in [-0.4, -0.2) is 45.0 Å². The molecule has 11 heteroatoms. The molecule has 1 saturated carbocycles. The molecular weight excluding hydrogens is 550 g/mol. The van der Waals surface area contributed by atoms with Gasteiger partial charge in [0.1, 0.15) is 18.0 Å². The smallest absolute Gasteiger partial charge is 0.274 e. The van der Waals surface area contributed by atoms with Crippen LogP contribution in [0.2, 0.25) is 5.02 Å². The van der Waals surface area contributed by atoms with Crippen molar-refractivity contribution in [3.05, 3.63) is 111 Å². The fourth-order valence-electron chi connectivity index (χ4n) is 5.84. The van der Waals surface area contributed by atoms with Crippen LogP contribution in [0.15, 0.2) is 84.9 Å². The molecule has 1 aliphatic heterocycles. The van der Waals surface area contributed by atoms with Crippen molar-refractivity contribution < 1.29 is 28.8 Å². The highest BCUT2D eigenvalue weighted by Gasteiger charge is 2.61. The second kappa shape index (κ2) is 10.3. The predicted octanol–water partition coefficient (Wildman–Crippen LogP) is 5.09. The second-order valence-electron chi connectivity index (χ2n) is 10.1. The molecule has 2 fully saturated rings. The van der Waals surface area contributed by atoms with Crippen LogP contribution in [0.5, 0.6) is 11.5 Å². The number of ether oxygens (including phenoxy) is 1. The lowest BCUT2D eigenvalue weighted by atomic mass is 9.85. The Morgan fingerprint density at radius 2 is 1.46 bits per heavy atom. The number of non-ortho nitro benzene ring substituents is 1. The fourth-order valence-corrected chi connectivity index (χ4v) is 6.06. The summed E-state index contributed by atoms with van der Waals surface area (Å²) in [5.74, 6) is -2.71. The number of allylic oxidation sites excluding steroid dienone is 2. The molecule has 0 radical (unpaired) electrons. The maximum Gasteiger partial charge on any atom is 0.274 e. The van der Waals surface area contributed by atoms with Crippen molar-refractivity contribution in [2.24, 2.45) is 23.7 Å². The summed E-state index contributed by atoms with van der Waals surface area (Å²) < 4.78 is 5.70. The Hall–Kier alpha value is -4.83. The zero-order chi connectivity index (χ0) is 28.8. The number of benzene rings is 3. The number of halogens is 1. The highest BCUT2D eigenvalue weighted by molar-refractivity contribution is 6.34. The first kappa shape index (κ1) is 26.4. The van der Waals surface area contributed by atoms with Crippen LogP contribution < -0.4 is 4.74 Å². The maximum absolute atomic E-state index is 13.7. The molecule has 0 aromatic heterocycles. The summed E-state index contributed by atoms with van der Waals surface area (Å²) in [6.07, 6.45) is 4.63. The summed E-state index contributed by atoms with van der Waals surface area (Å²) >= 11 is 6.28. The van der Waals surface area contributed by atoms with Crippen LogP contribution in [0.4, 0.5) is 5.69 Å². The Bertz CT molecular complexity index is 1590. The number of ketones is 1. The number of nitro benzene ring substituents is 1. The minimum Gasteiger partial charge on any atom is -0.457 e. The van der Waals surface area contributed by atoms with E-state index in [9.17, 15) is 29.3 Å². The number of imide groups is 1. The molecule has 0 N–H and O–H groups in total. The maximum atomic E-state index is 13.7. The summed E-state index contributed by atoms with van der Waals surface area (Å²) in [6, 6.07) is 17.8. The number of carbonyl (C=O) groups excluding carboxylic acids is 4. The van der Waals surface area contributed by atoms with Gasteiger partial charge in [-0.3, -0.25) is 29.3 Å². The van der Waals surface area contributed by atoms with Gasteiger partial charge in [0.05, 0.1) is 27.3 Å². The highest BCUT2D eigenvalue weighted by atomic mass is 35.5. The molecule has 6 rings (SSSR count). The number of amides is 3. The van der Waals surface area contributed by atoms with Gasteiger partial charge >= 0.3 is 0 Å². The number of rotatable bonds is 8. The molecule has 41 heavy (non-hydrogen) atoms. The van der Waals surface area contributed by atoms with E-state index < -0.39 is 46.8 Å². The monoisotopic (exact) mass is 571 g/mol. The number of hydrogen-bond donors (Lipinski definition) is 0. The molecule has 2 bridgehead atoms. The van der Waals surface area contributed by atoms with Crippen molar-refractivity contribution >= 4 is 40.8 Å². The molecule has 0 spiro atoms. The molecule has 3 amide bonds. The summed E-state index contributed by atoms with van der Waals surface area (Å²) in [6.45, 7) is -0.563. The molecule has 1 heterocycles. The van der Waals surface area contributed by atoms with Crippen molar-refractivity contribution in [1.82, 2.24) is 10.0 Å². The minimum absolute atomic E-state index is 0.0626. The van der Waals surface area contributed by atoms with E-state index in [4.69, 9.17) is 16.3 Å². The van der Waals surface area contributed by atoms with Gasteiger partial charge in [0.2, 0.25) is 0 Å². The van der Waals surface area contributed by atoms with Gasteiger partial charge in [-0.15, -0.1) is 0 Å². The SMILES string of the molecule is O=C(CN(C(=O)c1ccccc1Cl)N1C(=O)[C@@H]2[C@@H](C1=O)[C@H]1C=C[C@H]2C1)c1ccc(Oc2ccc([N+](=O)[O-])cc2)cc1. The number of hydrazine groups is 1. The van der Waals surface area contributed by atoms with Crippen molar-refractivity contribution in [3.63, 3.8) is 0 Å². The Morgan fingerprint density at radius 1 is 0.902 bits per heavy atom. The summed E-state index contributed by atoms with van der Waals surface area (Å²) in [5.41, 5.74) is 0.211. The van der Waals surface area contributed by atoms with Gasteiger partial charge in [-0.25, -0.2) is 5.01 Å². The molecule has 3 aromatic carbocycles. The van der Waals surface area contributed by atoms with Crippen LogP contribution in [0, 0.1) is 33.8 Å². The number of Topliss-reactive ketones (excluding diaryl/α,β-unsaturated/α-hetero) is 1. The first-order valence-corrected chi connectivity index (χ1v) is 13.3. The average molecular weight is 572 g/mol. The van der Waals surface area contributed by atoms with Gasteiger partial charge in [0.15, 0.2) is 5.78 Å². The second-order valence-corrected chi connectivity index (χ2v) is 10.5. The standard InChI is InChI=1S/C30H22ClN3O7/c31-24-4-2-1-3-23(24)28(36)32(33-29(37)26-18-5-6-19(15-18)27(26)30(33)38)16-25(35)17-7-11-21(12-8-17)41-22-13-9-20(10-14-22)34(39)40/h1-14,18-19,26-27H,15-16H2/t18-,19-,26-,27-/m0/s1. The number of nitrogens with zero attached hydrogens (tertiary/aromatic N) is 3. The molecule has 206 valence electrons. The van der Waals surface area contributed by atoms with Gasteiger partial charge in [0, 0.05) is 17.7 Å². The molecule has 1 saturated heterocycles. The number of fused-ring (bicyclic) bond motifs is 5. The van der Waals surface area contributed by atoms with Crippen molar-refractivity contribution in [3.8, 4) is 11.5 Å². The lowest BCUT2D eigenvalue weighted by Crippen LogP contribution is -2.52. The normalized spacial score (nSPS) is 22.1. The molecule has 3 aliphatic rings. The van der Waals surface area contributed by atoms with E-state index in [1.54, 1.807) is 12.1 Å². The molecule has 0 unspecified atom stereocenters. The van der Waals surface area contributed by atoms with Gasteiger partial charge in [-0.05, 0) is 66.8 Å². The molecule has 2 aliphatic carbocycles. The van der Waals surface area contributed by atoms with Crippen LogP contribution in [0.3, 0.4) is 0 Å². The third-order valence-electron chi connectivity index (χ3n) is 7.78. The van der Waals surface area contributed by atoms with Crippen LogP contribution in [-0.2, 0) is 9.59 Å². The highest BCUT2D eigenvalue weighted by Crippen LogP contribution is 2.52. The topological polar surface area (TPSA) is 127 Å². The van der Waals surface area contributed by atoms with Gasteiger partial charge in [-0.1, -0.05) is 35.9 Å². The Labute approximate surface area is 238 Å². The van der Waals surface area contributed by atoms with Gasteiger partial charge in [0.25, 0.3) is 23.4 Å². The lowest BCUT2D eigenvalue weighted by molar-refractivity contribution is -0.384. The van der Waals surface area contributed by atoms with E-state index in [1.807, 2.05) is 12.2 Å². The predicted molar refractivity (Wildman–Crippen MR) is 146 cm³/mol. The van der Waals surface area contributed by atoms with Crippen LogP contribution >= 0.6 is 11.6 Å². The molecular formula is C30H22ClN3O7. The molecule has 3 aromatic rings. The van der Waals surface area contributed by atoms with Crippen LogP contribution in [0.1, 0.15) is 27.1 Å².